The number of amides is 1. The number of carbonyl (C=O) groups excluding carboxylic acids is 2. The number of Topliss-reactive ketones (excluding diaryl/α,β-unsaturated/α-hetero) is 1. The smallest absolute Gasteiger partial charge is 0.272 e. The van der Waals surface area contributed by atoms with Gasteiger partial charge in [-0.15, -0.1) is 0 Å². The van der Waals surface area contributed by atoms with E-state index in [1.807, 2.05) is 4.90 Å². The molecule has 3 heterocycles. The van der Waals surface area contributed by atoms with Crippen LogP contribution in [0.25, 0.3) is 5.52 Å². The molecule has 0 aliphatic carbocycles. The lowest BCUT2D eigenvalue weighted by atomic mass is 9.88. The largest absolute Gasteiger partial charge is 0.497 e. The van der Waals surface area contributed by atoms with E-state index in [0.717, 1.165) is 11.4 Å². The zero-order valence-electron chi connectivity index (χ0n) is 18.0. The number of piperidine rings is 1. The monoisotopic (exact) mass is 455 g/mol. The number of ketones is 1. The van der Waals surface area contributed by atoms with Gasteiger partial charge in [0, 0.05) is 42.9 Å². The number of methoxy groups -OCH3 is 1. The molecule has 0 spiro atoms. The van der Waals surface area contributed by atoms with Crippen molar-refractivity contribution in [3.8, 4) is 5.75 Å². The number of H-pyrrole nitrogens is 1. The number of rotatable bonds is 7. The third-order valence-electron chi connectivity index (χ3n) is 6.09. The molecule has 168 valence electrons. The number of nitrogens with zero attached hydrogens (tertiary/aromatic N) is 2. The molecule has 2 aromatic heterocycles. The zero-order valence-corrected chi connectivity index (χ0v) is 18.7. The molecule has 7 nitrogen and oxygen atoms in total. The van der Waals surface area contributed by atoms with E-state index in [1.54, 1.807) is 54.1 Å². The van der Waals surface area contributed by atoms with Gasteiger partial charge in [0.2, 0.25) is 5.91 Å². The van der Waals surface area contributed by atoms with E-state index in [0.29, 0.717) is 61.4 Å². The summed E-state index contributed by atoms with van der Waals surface area (Å²) in [5.74, 6) is 0.878. The van der Waals surface area contributed by atoms with Crippen LogP contribution in [-0.4, -0.2) is 46.2 Å². The van der Waals surface area contributed by atoms with Gasteiger partial charge in [0.1, 0.15) is 16.4 Å². The number of aryl methyl sites for hydroxylation is 1. The summed E-state index contributed by atoms with van der Waals surface area (Å²) >= 11 is 6.11. The van der Waals surface area contributed by atoms with E-state index in [-0.39, 0.29) is 23.2 Å². The van der Waals surface area contributed by atoms with Crippen LogP contribution in [0.3, 0.4) is 0 Å². The Morgan fingerprint density at radius 1 is 1.12 bits per heavy atom. The normalized spacial score (nSPS) is 14.6. The number of carbonyl (C=O) groups is 2. The van der Waals surface area contributed by atoms with Gasteiger partial charge >= 0.3 is 0 Å². The number of hydrogen-bond donors (Lipinski definition) is 1. The van der Waals surface area contributed by atoms with Gasteiger partial charge in [-0.1, -0.05) is 11.6 Å². The van der Waals surface area contributed by atoms with Crippen molar-refractivity contribution >= 4 is 28.8 Å². The van der Waals surface area contributed by atoms with Crippen molar-refractivity contribution in [1.82, 2.24) is 14.3 Å². The molecule has 0 bridgehead atoms. The topological polar surface area (TPSA) is 83.9 Å². The second kappa shape index (κ2) is 9.61. The first-order valence-electron chi connectivity index (χ1n) is 10.8. The Bertz CT molecular complexity index is 1170. The Hall–Kier alpha value is -3.06. The highest BCUT2D eigenvalue weighted by atomic mass is 35.5. The Kier molecular flexibility index (Phi) is 6.65. The number of benzene rings is 1. The van der Waals surface area contributed by atoms with Crippen LogP contribution in [0.1, 0.15) is 41.7 Å². The predicted molar refractivity (Wildman–Crippen MR) is 123 cm³/mol. The first kappa shape index (κ1) is 22.1. The minimum atomic E-state index is -0.190. The SMILES string of the molecule is COc1ccc(C(=O)C2CCN(C(=O)CCCc3cn4c(Cl)ccc4c(=O)[nH]3)CC2)cc1. The minimum Gasteiger partial charge on any atom is -0.497 e. The van der Waals surface area contributed by atoms with Crippen molar-refractivity contribution in [2.45, 2.75) is 32.1 Å². The Labute approximate surface area is 190 Å². The molecule has 1 aromatic carbocycles. The highest BCUT2D eigenvalue weighted by molar-refractivity contribution is 6.30. The Morgan fingerprint density at radius 2 is 1.84 bits per heavy atom. The third-order valence-corrected chi connectivity index (χ3v) is 6.40. The van der Waals surface area contributed by atoms with Crippen molar-refractivity contribution in [2.24, 2.45) is 5.92 Å². The van der Waals surface area contributed by atoms with Gasteiger partial charge in [0.05, 0.1) is 7.11 Å². The summed E-state index contributed by atoms with van der Waals surface area (Å²) in [5, 5.41) is 0.482. The number of hydrogen-bond acceptors (Lipinski definition) is 4. The predicted octanol–water partition coefficient (Wildman–Crippen LogP) is 3.73. The van der Waals surface area contributed by atoms with Crippen molar-refractivity contribution in [1.29, 1.82) is 0 Å². The zero-order chi connectivity index (χ0) is 22.7. The summed E-state index contributed by atoms with van der Waals surface area (Å²) in [4.78, 5) is 42.2. The number of aromatic nitrogens is 2. The van der Waals surface area contributed by atoms with E-state index in [9.17, 15) is 14.4 Å². The number of fused-ring (bicyclic) bond motifs is 1. The molecule has 32 heavy (non-hydrogen) atoms. The molecular formula is C24H26ClN3O4. The lowest BCUT2D eigenvalue weighted by Crippen LogP contribution is -2.40. The minimum absolute atomic E-state index is 0.0597. The van der Waals surface area contributed by atoms with Crippen molar-refractivity contribution < 1.29 is 14.3 Å². The molecule has 0 saturated carbocycles. The Balaban J connectivity index is 1.26. The highest BCUT2D eigenvalue weighted by Crippen LogP contribution is 2.24. The quantitative estimate of drug-likeness (QED) is 0.550. The van der Waals surface area contributed by atoms with Gasteiger partial charge < -0.3 is 19.0 Å². The maximum absolute atomic E-state index is 12.7. The molecule has 4 rings (SSSR count). The van der Waals surface area contributed by atoms with Crippen LogP contribution in [0, 0.1) is 5.92 Å². The second-order valence-corrected chi connectivity index (χ2v) is 8.51. The summed E-state index contributed by atoms with van der Waals surface area (Å²) in [7, 11) is 1.60. The molecule has 0 atom stereocenters. The van der Waals surface area contributed by atoms with E-state index in [1.165, 1.54) is 0 Å². The van der Waals surface area contributed by atoms with Crippen LogP contribution in [0.4, 0.5) is 0 Å². The molecule has 1 saturated heterocycles. The van der Waals surface area contributed by atoms with Gasteiger partial charge in [-0.3, -0.25) is 14.4 Å². The Morgan fingerprint density at radius 3 is 2.53 bits per heavy atom. The molecule has 3 aromatic rings. The number of likely N-dealkylation sites (tertiary alicyclic amines) is 1. The highest BCUT2D eigenvalue weighted by Gasteiger charge is 2.27. The van der Waals surface area contributed by atoms with Crippen LogP contribution in [-0.2, 0) is 11.2 Å². The fourth-order valence-corrected chi connectivity index (χ4v) is 4.44. The summed E-state index contributed by atoms with van der Waals surface area (Å²) in [6.45, 7) is 1.18. The number of nitrogens with one attached hydrogen (secondary N) is 1. The standard InChI is InChI=1S/C24H26ClN3O4/c1-32-19-7-5-16(6-8-19)23(30)17-11-13-27(14-12-17)22(29)4-2-3-18-15-28-20(24(31)26-18)9-10-21(28)25/h5-10,15,17H,2-4,11-14H2,1H3,(H,26,31). The van der Waals surface area contributed by atoms with E-state index < -0.39 is 0 Å². The molecule has 0 unspecified atom stereocenters. The number of ether oxygens (including phenoxy) is 1. The van der Waals surface area contributed by atoms with Crippen LogP contribution >= 0.6 is 11.6 Å². The molecule has 0 radical (unpaired) electrons. The molecule has 8 heteroatoms. The van der Waals surface area contributed by atoms with Crippen LogP contribution < -0.4 is 10.3 Å². The molecule has 1 fully saturated rings. The summed E-state index contributed by atoms with van der Waals surface area (Å²) < 4.78 is 6.80. The van der Waals surface area contributed by atoms with Gasteiger partial charge in [-0.05, 0) is 62.1 Å². The van der Waals surface area contributed by atoms with E-state index in [4.69, 9.17) is 16.3 Å². The average molecular weight is 456 g/mol. The third kappa shape index (κ3) is 4.72. The van der Waals surface area contributed by atoms with Crippen LogP contribution in [0.15, 0.2) is 47.4 Å². The van der Waals surface area contributed by atoms with Crippen molar-refractivity contribution in [2.75, 3.05) is 20.2 Å². The maximum atomic E-state index is 12.7. The van der Waals surface area contributed by atoms with E-state index in [2.05, 4.69) is 4.98 Å². The number of aromatic amines is 1. The molecule has 1 aliphatic rings. The average Bonchev–Trinajstić information content (AvgIpc) is 3.20. The first-order chi connectivity index (χ1) is 15.5. The number of halogens is 1. The molecule has 1 amide bonds. The molecular weight excluding hydrogens is 430 g/mol. The van der Waals surface area contributed by atoms with Crippen molar-refractivity contribution in [3.63, 3.8) is 0 Å². The molecule has 1 aliphatic heterocycles. The van der Waals surface area contributed by atoms with Gasteiger partial charge in [0.25, 0.3) is 5.56 Å². The molecule has 1 N–H and O–H groups in total. The van der Waals surface area contributed by atoms with Crippen LogP contribution in [0.5, 0.6) is 5.75 Å². The van der Waals surface area contributed by atoms with Gasteiger partial charge in [-0.25, -0.2) is 0 Å². The van der Waals surface area contributed by atoms with Gasteiger partial charge in [0.15, 0.2) is 5.78 Å². The summed E-state index contributed by atoms with van der Waals surface area (Å²) in [6.07, 6.45) is 4.76. The first-order valence-corrected chi connectivity index (χ1v) is 11.2. The lowest BCUT2D eigenvalue weighted by Gasteiger charge is -2.31. The maximum Gasteiger partial charge on any atom is 0.272 e. The fraction of sp³-hybridized carbons (Fsp3) is 0.375. The van der Waals surface area contributed by atoms with Gasteiger partial charge in [-0.2, -0.15) is 0 Å². The lowest BCUT2D eigenvalue weighted by molar-refractivity contribution is -0.132. The van der Waals surface area contributed by atoms with Crippen LogP contribution in [0.2, 0.25) is 5.15 Å². The summed E-state index contributed by atoms with van der Waals surface area (Å²) in [6, 6.07) is 10.5. The van der Waals surface area contributed by atoms with E-state index >= 15 is 0 Å². The second-order valence-electron chi connectivity index (χ2n) is 8.12. The van der Waals surface area contributed by atoms with Crippen molar-refractivity contribution in [3.05, 3.63) is 69.4 Å². The fourth-order valence-electron chi connectivity index (χ4n) is 4.23. The summed E-state index contributed by atoms with van der Waals surface area (Å²) in [5.41, 5.74) is 1.74.